The van der Waals surface area contributed by atoms with E-state index in [1.54, 1.807) is 0 Å². The minimum absolute atomic E-state index is 0.176. The fourth-order valence-corrected chi connectivity index (χ4v) is 4.77. The summed E-state index contributed by atoms with van der Waals surface area (Å²) in [6.07, 6.45) is 9.62. The third-order valence-corrected chi connectivity index (χ3v) is 6.12. The number of fused-ring (bicyclic) bond motifs is 1. The Morgan fingerprint density at radius 2 is 1.79 bits per heavy atom. The number of amides is 1. The van der Waals surface area contributed by atoms with Crippen molar-refractivity contribution in [2.24, 2.45) is 0 Å². The molecule has 1 unspecified atom stereocenters. The molecule has 2 saturated heterocycles. The van der Waals surface area contributed by atoms with Crippen molar-refractivity contribution < 1.29 is 4.79 Å². The minimum Gasteiger partial charge on any atom is -0.337 e. The van der Waals surface area contributed by atoms with Crippen molar-refractivity contribution in [1.29, 1.82) is 0 Å². The molecule has 0 aromatic carbocycles. The second kappa shape index (κ2) is 6.87. The number of hydrogen-bond donors (Lipinski definition) is 0. The lowest BCUT2D eigenvalue weighted by Crippen LogP contribution is -2.42. The standard InChI is InChI=1S/C19H30N4O/c1-2-23-17-9-8-15(21-10-4-3-5-11-21)14-16(17)18(20-23)19(24)22-12-6-7-13-22/h15H,2-14H2,1H3. The summed E-state index contributed by atoms with van der Waals surface area (Å²) in [6.45, 7) is 7.27. The number of aromatic nitrogens is 2. The highest BCUT2D eigenvalue weighted by atomic mass is 16.2. The maximum Gasteiger partial charge on any atom is 0.274 e. The van der Waals surface area contributed by atoms with E-state index in [1.165, 1.54) is 50.0 Å². The van der Waals surface area contributed by atoms with Crippen LogP contribution in [-0.2, 0) is 19.4 Å². The summed E-state index contributed by atoms with van der Waals surface area (Å²) in [5, 5.41) is 4.74. The zero-order chi connectivity index (χ0) is 16.5. The van der Waals surface area contributed by atoms with Crippen molar-refractivity contribution >= 4 is 5.91 Å². The van der Waals surface area contributed by atoms with Crippen molar-refractivity contribution in [2.45, 2.75) is 70.9 Å². The second-order valence-electron chi connectivity index (χ2n) is 7.58. The van der Waals surface area contributed by atoms with Gasteiger partial charge < -0.3 is 9.80 Å². The molecule has 0 saturated carbocycles. The summed E-state index contributed by atoms with van der Waals surface area (Å²) >= 11 is 0. The molecule has 1 amide bonds. The number of carbonyl (C=O) groups is 1. The Morgan fingerprint density at radius 3 is 2.50 bits per heavy atom. The smallest absolute Gasteiger partial charge is 0.274 e. The van der Waals surface area contributed by atoms with Crippen LogP contribution in [0, 0.1) is 0 Å². The quantitative estimate of drug-likeness (QED) is 0.855. The Morgan fingerprint density at radius 1 is 1.08 bits per heavy atom. The fourth-order valence-electron chi connectivity index (χ4n) is 4.77. The van der Waals surface area contributed by atoms with Gasteiger partial charge in [0.2, 0.25) is 0 Å². The number of piperidine rings is 1. The van der Waals surface area contributed by atoms with E-state index in [-0.39, 0.29) is 5.91 Å². The van der Waals surface area contributed by atoms with E-state index < -0.39 is 0 Å². The number of carbonyl (C=O) groups excluding carboxylic acids is 1. The van der Waals surface area contributed by atoms with Gasteiger partial charge in [0, 0.05) is 36.9 Å². The van der Waals surface area contributed by atoms with Gasteiger partial charge in [-0.15, -0.1) is 0 Å². The van der Waals surface area contributed by atoms with Gasteiger partial charge in [0.25, 0.3) is 5.91 Å². The first-order valence-electron chi connectivity index (χ1n) is 9.89. The lowest BCUT2D eigenvalue weighted by molar-refractivity contribution is 0.0784. The number of hydrogen-bond acceptors (Lipinski definition) is 3. The van der Waals surface area contributed by atoms with Gasteiger partial charge in [-0.2, -0.15) is 5.10 Å². The van der Waals surface area contributed by atoms with Gasteiger partial charge in [-0.1, -0.05) is 6.42 Å². The van der Waals surface area contributed by atoms with Crippen molar-refractivity contribution in [3.05, 3.63) is 17.0 Å². The first-order valence-corrected chi connectivity index (χ1v) is 9.89. The molecular formula is C19H30N4O. The maximum atomic E-state index is 13.0. The molecule has 1 atom stereocenters. The van der Waals surface area contributed by atoms with Crippen molar-refractivity contribution in [3.63, 3.8) is 0 Å². The van der Waals surface area contributed by atoms with Crippen LogP contribution in [0.25, 0.3) is 0 Å². The Balaban J connectivity index is 1.60. The third kappa shape index (κ3) is 2.87. The molecule has 2 fully saturated rings. The first kappa shape index (κ1) is 16.1. The lowest BCUT2D eigenvalue weighted by atomic mass is 9.89. The molecule has 5 nitrogen and oxygen atoms in total. The molecule has 4 rings (SSSR count). The van der Waals surface area contributed by atoms with Crippen molar-refractivity contribution in [2.75, 3.05) is 26.2 Å². The topological polar surface area (TPSA) is 41.4 Å². The fraction of sp³-hybridized carbons (Fsp3) is 0.789. The molecular weight excluding hydrogens is 300 g/mol. The van der Waals surface area contributed by atoms with E-state index in [9.17, 15) is 4.79 Å². The highest BCUT2D eigenvalue weighted by molar-refractivity contribution is 5.94. The SMILES string of the molecule is CCn1nc(C(=O)N2CCCC2)c2c1CCC(N1CCCCC1)C2. The zero-order valence-corrected chi connectivity index (χ0v) is 15.0. The van der Waals surface area contributed by atoms with E-state index in [0.717, 1.165) is 51.0 Å². The van der Waals surface area contributed by atoms with Crippen LogP contribution >= 0.6 is 0 Å². The number of aryl methyl sites for hydroxylation is 1. The summed E-state index contributed by atoms with van der Waals surface area (Å²) in [7, 11) is 0. The minimum atomic E-state index is 0.176. The average Bonchev–Trinajstić information content (AvgIpc) is 3.29. The van der Waals surface area contributed by atoms with E-state index >= 15 is 0 Å². The van der Waals surface area contributed by atoms with Crippen LogP contribution in [0.2, 0.25) is 0 Å². The van der Waals surface area contributed by atoms with Gasteiger partial charge in [-0.05, 0) is 65.0 Å². The Hall–Kier alpha value is -1.36. The lowest BCUT2D eigenvalue weighted by Gasteiger charge is -2.37. The van der Waals surface area contributed by atoms with Gasteiger partial charge in [0.1, 0.15) is 0 Å². The van der Waals surface area contributed by atoms with Gasteiger partial charge in [0.05, 0.1) is 0 Å². The number of likely N-dealkylation sites (tertiary alicyclic amines) is 2. The van der Waals surface area contributed by atoms with E-state index in [1.807, 2.05) is 4.90 Å². The monoisotopic (exact) mass is 330 g/mol. The van der Waals surface area contributed by atoms with Crippen LogP contribution in [0.5, 0.6) is 0 Å². The maximum absolute atomic E-state index is 13.0. The van der Waals surface area contributed by atoms with Crippen LogP contribution in [-0.4, -0.2) is 57.7 Å². The van der Waals surface area contributed by atoms with Crippen molar-refractivity contribution in [1.82, 2.24) is 19.6 Å². The number of nitrogens with zero attached hydrogens (tertiary/aromatic N) is 4. The molecule has 1 aromatic heterocycles. The summed E-state index contributed by atoms with van der Waals surface area (Å²) < 4.78 is 2.09. The molecule has 0 N–H and O–H groups in total. The first-order chi connectivity index (χ1) is 11.8. The van der Waals surface area contributed by atoms with Gasteiger partial charge in [-0.3, -0.25) is 9.48 Å². The van der Waals surface area contributed by atoms with E-state index in [0.29, 0.717) is 6.04 Å². The molecule has 0 radical (unpaired) electrons. The molecule has 1 aliphatic carbocycles. The molecule has 0 spiro atoms. The Bertz CT molecular complexity index is 597. The zero-order valence-electron chi connectivity index (χ0n) is 15.0. The molecule has 3 heterocycles. The third-order valence-electron chi connectivity index (χ3n) is 6.12. The summed E-state index contributed by atoms with van der Waals surface area (Å²) in [4.78, 5) is 17.6. The molecule has 24 heavy (non-hydrogen) atoms. The summed E-state index contributed by atoms with van der Waals surface area (Å²) in [5.74, 6) is 0.176. The van der Waals surface area contributed by atoms with E-state index in [2.05, 4.69) is 16.5 Å². The highest BCUT2D eigenvalue weighted by Gasteiger charge is 2.33. The van der Waals surface area contributed by atoms with Gasteiger partial charge >= 0.3 is 0 Å². The predicted octanol–water partition coefficient (Wildman–Crippen LogP) is 2.48. The highest BCUT2D eigenvalue weighted by Crippen LogP contribution is 2.30. The average molecular weight is 330 g/mol. The Kier molecular flexibility index (Phi) is 4.61. The van der Waals surface area contributed by atoms with Crippen LogP contribution in [0.1, 0.15) is 67.2 Å². The van der Waals surface area contributed by atoms with Crippen LogP contribution < -0.4 is 0 Å². The molecule has 5 heteroatoms. The van der Waals surface area contributed by atoms with Crippen molar-refractivity contribution in [3.8, 4) is 0 Å². The molecule has 2 aliphatic heterocycles. The van der Waals surface area contributed by atoms with Gasteiger partial charge in [-0.25, -0.2) is 0 Å². The van der Waals surface area contributed by atoms with Crippen LogP contribution in [0.15, 0.2) is 0 Å². The number of rotatable bonds is 3. The second-order valence-corrected chi connectivity index (χ2v) is 7.58. The summed E-state index contributed by atoms with van der Waals surface area (Å²) in [6, 6.07) is 0.609. The molecule has 0 bridgehead atoms. The van der Waals surface area contributed by atoms with Gasteiger partial charge in [0.15, 0.2) is 5.69 Å². The molecule has 132 valence electrons. The normalized spacial score (nSPS) is 25.0. The summed E-state index contributed by atoms with van der Waals surface area (Å²) in [5.41, 5.74) is 3.35. The largest absolute Gasteiger partial charge is 0.337 e. The molecule has 1 aromatic rings. The van der Waals surface area contributed by atoms with E-state index in [4.69, 9.17) is 5.10 Å². The molecule has 3 aliphatic rings. The Labute approximate surface area is 145 Å². The van der Waals surface area contributed by atoms with Crippen LogP contribution in [0.4, 0.5) is 0 Å². The van der Waals surface area contributed by atoms with Crippen LogP contribution in [0.3, 0.4) is 0 Å². The predicted molar refractivity (Wildman–Crippen MR) is 94.3 cm³/mol.